The zero-order chi connectivity index (χ0) is 26.4. The number of nitrogens with zero attached hydrogens (tertiary/aromatic N) is 5. The fourth-order valence-electron chi connectivity index (χ4n) is 3.32. The third kappa shape index (κ3) is 6.48. The number of aromatic amines is 2. The number of aromatic nitrogens is 4. The molecule has 0 aliphatic carbocycles. The Balaban J connectivity index is 0.000000282. The number of benzene rings is 3. The lowest BCUT2D eigenvalue weighted by Crippen LogP contribution is -2.19. The second-order valence-electron chi connectivity index (χ2n) is 7.62. The maximum absolute atomic E-state index is 11.5. The lowest BCUT2D eigenvalue weighted by molar-refractivity contribution is 0.795. The van der Waals surface area contributed by atoms with Gasteiger partial charge in [-0.25, -0.2) is 9.59 Å². The van der Waals surface area contributed by atoms with Gasteiger partial charge in [-0.2, -0.15) is 15.8 Å². The van der Waals surface area contributed by atoms with Crippen LogP contribution in [0.2, 0.25) is 0 Å². The van der Waals surface area contributed by atoms with Gasteiger partial charge in [-0.15, -0.1) is 0 Å². The van der Waals surface area contributed by atoms with E-state index in [-0.39, 0.29) is 26.2 Å². The summed E-state index contributed by atoms with van der Waals surface area (Å²) in [6.07, 6.45) is 0. The Kier molecular flexibility index (Phi) is 10.2. The SMILES string of the molecule is C.C.Cn1c(=O)n(C)c2cc(C#N)ccc21.N#Cc1ccc(N)c(N)c1.N#Cc1ccc2[nH]c(=O)[nH]c2c1. The average Bonchev–Trinajstić information content (AvgIpc) is 3.37. The van der Waals surface area contributed by atoms with Gasteiger partial charge in [0.25, 0.3) is 0 Å². The topological polar surface area (TPSA) is 199 Å². The maximum Gasteiger partial charge on any atom is 0.328 e. The Morgan fingerprint density at radius 2 is 1.16 bits per heavy atom. The summed E-state index contributed by atoms with van der Waals surface area (Å²) in [5.41, 5.74) is 16.1. The molecule has 0 saturated carbocycles. The molecular formula is C27H29N9O2. The van der Waals surface area contributed by atoms with Crippen molar-refractivity contribution in [3.05, 3.63) is 92.3 Å². The number of hydrogen-bond donors (Lipinski definition) is 4. The number of nitriles is 3. The van der Waals surface area contributed by atoms with Crippen molar-refractivity contribution in [1.29, 1.82) is 15.8 Å². The van der Waals surface area contributed by atoms with Crippen molar-refractivity contribution < 1.29 is 0 Å². The number of rotatable bonds is 0. The Labute approximate surface area is 219 Å². The number of nitrogen functional groups attached to an aromatic ring is 2. The zero-order valence-electron chi connectivity index (χ0n) is 19.4. The van der Waals surface area contributed by atoms with E-state index in [1.54, 1.807) is 73.3 Å². The molecule has 3 aromatic carbocycles. The van der Waals surface area contributed by atoms with Gasteiger partial charge in [-0.05, 0) is 54.6 Å². The predicted molar refractivity (Wildman–Crippen MR) is 150 cm³/mol. The number of imidazole rings is 2. The first-order valence-electron chi connectivity index (χ1n) is 10.4. The second kappa shape index (κ2) is 12.8. The lowest BCUT2D eigenvalue weighted by atomic mass is 10.2. The fourth-order valence-corrected chi connectivity index (χ4v) is 3.32. The number of anilines is 2. The van der Waals surface area contributed by atoms with E-state index in [9.17, 15) is 9.59 Å². The van der Waals surface area contributed by atoms with Crippen LogP contribution in [-0.2, 0) is 14.1 Å². The molecule has 2 aromatic heterocycles. The molecule has 0 aliphatic rings. The minimum absolute atomic E-state index is 0. The molecule has 0 fully saturated rings. The molecule has 0 amide bonds. The molecule has 194 valence electrons. The maximum atomic E-state index is 11.5. The van der Waals surface area contributed by atoms with E-state index in [2.05, 4.69) is 16.0 Å². The molecule has 0 atom stereocenters. The van der Waals surface area contributed by atoms with Crippen LogP contribution in [0.5, 0.6) is 0 Å². The summed E-state index contributed by atoms with van der Waals surface area (Å²) < 4.78 is 3.10. The fraction of sp³-hybridized carbons (Fsp3) is 0.148. The zero-order valence-corrected chi connectivity index (χ0v) is 19.4. The van der Waals surface area contributed by atoms with Crippen LogP contribution in [0.4, 0.5) is 11.4 Å². The Morgan fingerprint density at radius 1 is 0.658 bits per heavy atom. The van der Waals surface area contributed by atoms with Gasteiger partial charge in [0.05, 0.1) is 68.3 Å². The van der Waals surface area contributed by atoms with E-state index in [0.29, 0.717) is 33.6 Å². The van der Waals surface area contributed by atoms with Gasteiger partial charge in [0.1, 0.15) is 0 Å². The summed E-state index contributed by atoms with van der Waals surface area (Å²) in [4.78, 5) is 27.5. The average molecular weight is 512 g/mol. The van der Waals surface area contributed by atoms with Crippen molar-refractivity contribution in [1.82, 2.24) is 19.1 Å². The van der Waals surface area contributed by atoms with Crippen molar-refractivity contribution in [2.45, 2.75) is 14.9 Å². The number of nitrogens with two attached hydrogens (primary N) is 2. The predicted octanol–water partition coefficient (Wildman–Crippen LogP) is 3.47. The highest BCUT2D eigenvalue weighted by atomic mass is 16.1. The van der Waals surface area contributed by atoms with Gasteiger partial charge >= 0.3 is 11.4 Å². The van der Waals surface area contributed by atoms with E-state index in [1.165, 1.54) is 4.57 Å². The summed E-state index contributed by atoms with van der Waals surface area (Å²) >= 11 is 0. The number of nitrogens with one attached hydrogen (secondary N) is 2. The van der Waals surface area contributed by atoms with Gasteiger partial charge < -0.3 is 21.4 Å². The van der Waals surface area contributed by atoms with Gasteiger partial charge in [0.15, 0.2) is 0 Å². The Hall–Kier alpha value is -5.73. The van der Waals surface area contributed by atoms with Crippen molar-refractivity contribution in [2.75, 3.05) is 11.5 Å². The van der Waals surface area contributed by atoms with Crippen molar-refractivity contribution in [3.8, 4) is 18.2 Å². The van der Waals surface area contributed by atoms with Crippen molar-refractivity contribution in [2.24, 2.45) is 14.1 Å². The number of H-pyrrole nitrogens is 2. The van der Waals surface area contributed by atoms with E-state index in [4.69, 9.17) is 27.3 Å². The highest BCUT2D eigenvalue weighted by molar-refractivity contribution is 5.77. The standard InChI is InChI=1S/C10H9N3O.C8H5N3O.C7H7N3.2CH4/c1-12-8-4-3-7(6-11)5-9(8)13(2)10(12)14;9-4-5-1-2-6-7(3-5)11-8(12)10-6;8-4-5-1-2-6(9)7(10)3-5;;/h3-5H,1-2H3;1-3H,(H2,10,11,12);1-3H,9-10H2;2*1H4. The molecule has 11 heteroatoms. The molecular weight excluding hydrogens is 482 g/mol. The lowest BCUT2D eigenvalue weighted by Gasteiger charge is -1.97. The minimum atomic E-state index is -0.250. The largest absolute Gasteiger partial charge is 0.397 e. The number of fused-ring (bicyclic) bond motifs is 2. The highest BCUT2D eigenvalue weighted by Gasteiger charge is 2.07. The normalized spacial score (nSPS) is 9.24. The first kappa shape index (κ1) is 30.3. The van der Waals surface area contributed by atoms with E-state index in [0.717, 1.165) is 16.6 Å². The van der Waals surface area contributed by atoms with Gasteiger partial charge in [-0.3, -0.25) is 9.13 Å². The molecule has 0 unspecified atom stereocenters. The Morgan fingerprint density at radius 3 is 1.76 bits per heavy atom. The molecule has 2 heterocycles. The van der Waals surface area contributed by atoms with Crippen LogP contribution in [0.15, 0.2) is 64.2 Å². The van der Waals surface area contributed by atoms with Crippen LogP contribution < -0.4 is 22.8 Å². The van der Waals surface area contributed by atoms with Crippen LogP contribution in [0, 0.1) is 34.0 Å². The van der Waals surface area contributed by atoms with E-state index in [1.807, 2.05) is 12.1 Å². The minimum Gasteiger partial charge on any atom is -0.397 e. The monoisotopic (exact) mass is 511 g/mol. The van der Waals surface area contributed by atoms with Crippen LogP contribution in [0.25, 0.3) is 22.1 Å². The van der Waals surface area contributed by atoms with Gasteiger partial charge in [0.2, 0.25) is 0 Å². The molecule has 5 aromatic rings. The molecule has 5 rings (SSSR count). The highest BCUT2D eigenvalue weighted by Crippen LogP contribution is 2.15. The quantitative estimate of drug-likeness (QED) is 0.228. The van der Waals surface area contributed by atoms with Crippen molar-refractivity contribution >= 4 is 33.4 Å². The second-order valence-corrected chi connectivity index (χ2v) is 7.62. The Bertz CT molecular complexity index is 1820. The molecule has 38 heavy (non-hydrogen) atoms. The molecule has 11 nitrogen and oxygen atoms in total. The molecule has 6 N–H and O–H groups in total. The molecule has 0 saturated heterocycles. The summed E-state index contributed by atoms with van der Waals surface area (Å²) in [6.45, 7) is 0. The van der Waals surface area contributed by atoms with Crippen LogP contribution in [0.3, 0.4) is 0 Å². The van der Waals surface area contributed by atoms with Crippen LogP contribution >= 0.6 is 0 Å². The third-order valence-electron chi connectivity index (χ3n) is 5.26. The molecule has 0 bridgehead atoms. The summed E-state index contributed by atoms with van der Waals surface area (Å²) in [5.74, 6) is 0. The number of hydrogen-bond acceptors (Lipinski definition) is 7. The first-order valence-corrected chi connectivity index (χ1v) is 10.4. The van der Waals surface area contributed by atoms with Gasteiger partial charge in [-0.1, -0.05) is 14.9 Å². The smallest absolute Gasteiger partial charge is 0.328 e. The van der Waals surface area contributed by atoms with Crippen LogP contribution in [0.1, 0.15) is 31.5 Å². The molecule has 0 spiro atoms. The molecule has 0 aliphatic heterocycles. The van der Waals surface area contributed by atoms with Crippen LogP contribution in [-0.4, -0.2) is 19.1 Å². The van der Waals surface area contributed by atoms with E-state index < -0.39 is 0 Å². The molecule has 0 radical (unpaired) electrons. The summed E-state index contributed by atoms with van der Waals surface area (Å²) in [6, 6.07) is 21.0. The third-order valence-corrected chi connectivity index (χ3v) is 5.26. The number of aryl methyl sites for hydroxylation is 2. The first-order chi connectivity index (χ1) is 17.2. The van der Waals surface area contributed by atoms with Crippen molar-refractivity contribution in [3.63, 3.8) is 0 Å². The summed E-state index contributed by atoms with van der Waals surface area (Å²) in [7, 11) is 3.42. The van der Waals surface area contributed by atoms with E-state index >= 15 is 0 Å². The summed E-state index contributed by atoms with van der Waals surface area (Å²) in [5, 5.41) is 25.7. The van der Waals surface area contributed by atoms with Gasteiger partial charge in [0, 0.05) is 14.1 Å².